The van der Waals surface area contributed by atoms with E-state index in [1.807, 2.05) is 0 Å². The van der Waals surface area contributed by atoms with E-state index in [0.29, 0.717) is 17.2 Å². The zero-order valence-electron chi connectivity index (χ0n) is 20.6. The van der Waals surface area contributed by atoms with Crippen LogP contribution in [0.15, 0.2) is 60.9 Å². The molecule has 192 valence electrons. The lowest BCUT2D eigenvalue weighted by Crippen LogP contribution is -2.33. The van der Waals surface area contributed by atoms with Gasteiger partial charge in [0.15, 0.2) is 11.5 Å². The molecule has 4 rings (SSSR count). The Morgan fingerprint density at radius 3 is 2.70 bits per heavy atom. The molecule has 2 amide bonds. The highest BCUT2D eigenvalue weighted by Gasteiger charge is 2.32. The van der Waals surface area contributed by atoms with Crippen LogP contribution >= 0.6 is 0 Å². The van der Waals surface area contributed by atoms with Gasteiger partial charge in [-0.3, -0.25) is 19.4 Å². The summed E-state index contributed by atoms with van der Waals surface area (Å²) in [5.74, 6) is -1.19. The molecule has 4 aromatic rings. The number of hydrogen-bond acceptors (Lipinski definition) is 7. The van der Waals surface area contributed by atoms with Crippen LogP contribution in [0.5, 0.6) is 5.75 Å². The summed E-state index contributed by atoms with van der Waals surface area (Å²) in [5, 5.41) is 7.90. The Morgan fingerprint density at radius 1 is 1.19 bits per heavy atom. The average Bonchev–Trinajstić information content (AvgIpc) is 3.26. The molecular weight excluding hydrogens is 493 g/mol. The van der Waals surface area contributed by atoms with Crippen molar-refractivity contribution < 1.29 is 33.7 Å². The molecule has 3 aromatic heterocycles. The molecule has 1 N–H and O–H groups in total. The van der Waals surface area contributed by atoms with E-state index < -0.39 is 31.0 Å². The highest BCUT2D eigenvalue weighted by molar-refractivity contribution is 5.99. The number of anilines is 1. The molecule has 0 bridgehead atoms. The summed E-state index contributed by atoms with van der Waals surface area (Å²) < 4.78 is 51.5. The van der Waals surface area contributed by atoms with Crippen molar-refractivity contribution in [3.63, 3.8) is 0 Å². The van der Waals surface area contributed by atoms with Crippen LogP contribution in [0.4, 0.5) is 19.0 Å². The van der Waals surface area contributed by atoms with Crippen LogP contribution in [0.25, 0.3) is 17.0 Å². The maximum Gasteiger partial charge on any atom is 0.573 e. The zero-order chi connectivity index (χ0) is 27.4. The van der Waals surface area contributed by atoms with Crippen molar-refractivity contribution in [2.75, 3.05) is 12.4 Å². The second kappa shape index (κ2) is 10.2. The van der Waals surface area contributed by atoms with Gasteiger partial charge in [-0.05, 0) is 48.9 Å². The van der Waals surface area contributed by atoms with Gasteiger partial charge in [-0.2, -0.15) is 5.10 Å². The average molecular weight is 515 g/mol. The minimum Gasteiger partial charge on any atom is -0.406 e. The van der Waals surface area contributed by atoms with E-state index >= 15 is 0 Å². The summed E-state index contributed by atoms with van der Waals surface area (Å²) in [4.78, 5) is 38.8. The fourth-order valence-corrected chi connectivity index (χ4v) is 3.56. The van der Waals surface area contributed by atoms with Crippen LogP contribution in [0.3, 0.4) is 0 Å². The van der Waals surface area contributed by atoms with Gasteiger partial charge in [-0.15, -0.1) is 13.2 Å². The van der Waals surface area contributed by atoms with Gasteiger partial charge in [0.1, 0.15) is 17.1 Å². The molecule has 1 aromatic carbocycles. The Bertz CT molecular complexity index is 1480. The molecule has 0 fully saturated rings. The quantitative estimate of drug-likeness (QED) is 0.363. The molecule has 0 aliphatic carbocycles. The van der Waals surface area contributed by atoms with E-state index in [1.54, 1.807) is 12.1 Å². The molecule has 0 aliphatic heterocycles. The van der Waals surface area contributed by atoms with Crippen molar-refractivity contribution in [2.24, 2.45) is 0 Å². The number of ether oxygens (including phenoxy) is 1. The molecule has 1 atom stereocenters. The number of benzene rings is 1. The molecule has 0 spiro atoms. The minimum absolute atomic E-state index is 0.0737. The number of hydroxylamine groups is 2. The van der Waals surface area contributed by atoms with E-state index in [0.717, 1.165) is 17.2 Å². The Labute approximate surface area is 210 Å². The Balaban J connectivity index is 1.69. The fraction of sp³-hybridized carbons (Fsp3) is 0.208. The fourth-order valence-electron chi connectivity index (χ4n) is 3.56. The van der Waals surface area contributed by atoms with Crippen molar-refractivity contribution in [3.05, 3.63) is 72.1 Å². The Morgan fingerprint density at radius 2 is 2.00 bits per heavy atom. The van der Waals surface area contributed by atoms with Crippen molar-refractivity contribution in [2.45, 2.75) is 26.2 Å². The van der Waals surface area contributed by atoms with Crippen LogP contribution in [-0.4, -0.2) is 49.9 Å². The van der Waals surface area contributed by atoms with Crippen LogP contribution in [0.1, 0.15) is 37.2 Å². The van der Waals surface area contributed by atoms with Gasteiger partial charge < -0.3 is 10.1 Å². The number of rotatable bonds is 7. The number of imidazole rings is 1. The largest absolute Gasteiger partial charge is 0.573 e. The number of carbonyl (C=O) groups excluding carboxylic acids is 2. The van der Waals surface area contributed by atoms with Gasteiger partial charge >= 0.3 is 6.36 Å². The molecule has 10 nitrogen and oxygen atoms in total. The lowest BCUT2D eigenvalue weighted by molar-refractivity contribution is -0.274. The SMILES string of the molecule is [2H]C[C@H](c1cccc(OC(F)(F)F)c1)N(OC)C(=O)c1cccnc1-c1ccc2nc(NC(C)=O)cn2n1. The number of carbonyl (C=O) groups is 2. The number of hydrogen-bond donors (Lipinski definition) is 1. The van der Waals surface area contributed by atoms with E-state index in [2.05, 4.69) is 25.1 Å². The van der Waals surface area contributed by atoms with Gasteiger partial charge in [-0.1, -0.05) is 12.1 Å². The zero-order valence-corrected chi connectivity index (χ0v) is 19.6. The molecule has 13 heteroatoms. The third-order valence-electron chi connectivity index (χ3n) is 5.06. The Kier molecular flexibility index (Phi) is 6.68. The number of nitrogens with zero attached hydrogens (tertiary/aromatic N) is 5. The van der Waals surface area contributed by atoms with Gasteiger partial charge in [0.05, 0.1) is 24.9 Å². The topological polar surface area (TPSA) is 111 Å². The number of aromatic nitrogens is 4. The van der Waals surface area contributed by atoms with Crippen LogP contribution < -0.4 is 10.1 Å². The predicted molar refractivity (Wildman–Crippen MR) is 125 cm³/mol. The third kappa shape index (κ3) is 5.83. The second-order valence-corrected chi connectivity index (χ2v) is 7.68. The summed E-state index contributed by atoms with van der Waals surface area (Å²) >= 11 is 0. The van der Waals surface area contributed by atoms with Crippen molar-refractivity contribution >= 4 is 23.3 Å². The van der Waals surface area contributed by atoms with Crippen molar-refractivity contribution in [1.29, 1.82) is 0 Å². The molecule has 0 saturated heterocycles. The normalized spacial score (nSPS) is 12.6. The van der Waals surface area contributed by atoms with E-state index in [9.17, 15) is 22.8 Å². The third-order valence-corrected chi connectivity index (χ3v) is 5.06. The lowest BCUT2D eigenvalue weighted by Gasteiger charge is -2.27. The molecule has 37 heavy (non-hydrogen) atoms. The first kappa shape index (κ1) is 24.2. The van der Waals surface area contributed by atoms with Gasteiger partial charge in [0, 0.05) is 14.5 Å². The summed E-state index contributed by atoms with van der Waals surface area (Å²) in [6.07, 6.45) is -1.94. The highest BCUT2D eigenvalue weighted by Crippen LogP contribution is 2.30. The first-order valence-electron chi connectivity index (χ1n) is 11.4. The van der Waals surface area contributed by atoms with E-state index in [4.69, 9.17) is 6.21 Å². The maximum atomic E-state index is 13.6. The van der Waals surface area contributed by atoms with E-state index in [-0.39, 0.29) is 22.7 Å². The number of fused-ring (bicyclic) bond motifs is 1. The lowest BCUT2D eigenvalue weighted by atomic mass is 10.1. The smallest absolute Gasteiger partial charge is 0.406 e. The summed E-state index contributed by atoms with van der Waals surface area (Å²) in [7, 11) is 1.21. The molecule has 0 saturated carbocycles. The summed E-state index contributed by atoms with van der Waals surface area (Å²) in [6, 6.07) is 10.2. The number of nitrogens with one attached hydrogen (secondary N) is 1. The number of alkyl halides is 3. The van der Waals surface area contributed by atoms with E-state index in [1.165, 1.54) is 55.2 Å². The predicted octanol–water partition coefficient (Wildman–Crippen LogP) is 4.41. The molecule has 0 radical (unpaired) electrons. The molecule has 0 unspecified atom stereocenters. The first-order chi connectivity index (χ1) is 18.1. The van der Waals surface area contributed by atoms with Crippen molar-refractivity contribution in [3.8, 4) is 17.1 Å². The Hall–Kier alpha value is -4.52. The van der Waals surface area contributed by atoms with Gasteiger partial charge in [0.2, 0.25) is 5.91 Å². The molecule has 3 heterocycles. The first-order valence-corrected chi connectivity index (χ1v) is 10.7. The van der Waals surface area contributed by atoms with Crippen molar-refractivity contribution in [1.82, 2.24) is 24.6 Å². The second-order valence-electron chi connectivity index (χ2n) is 7.68. The van der Waals surface area contributed by atoms with Crippen LogP contribution in [-0.2, 0) is 9.63 Å². The number of halogens is 3. The molecule has 0 aliphatic rings. The molecular formula is C24H21F3N6O4. The summed E-state index contributed by atoms with van der Waals surface area (Å²) in [6.45, 7) is 0.926. The maximum absolute atomic E-state index is 13.6. The monoisotopic (exact) mass is 515 g/mol. The minimum atomic E-state index is -4.90. The number of pyridine rings is 1. The van der Waals surface area contributed by atoms with Gasteiger partial charge in [-0.25, -0.2) is 14.6 Å². The number of amides is 2. The summed E-state index contributed by atoms with van der Waals surface area (Å²) in [5.41, 5.74) is 1.20. The van der Waals surface area contributed by atoms with Crippen LogP contribution in [0, 0.1) is 0 Å². The van der Waals surface area contributed by atoms with Crippen LogP contribution in [0.2, 0.25) is 0 Å². The standard InChI is InChI=1S/C24H21F3N6O4/c1-14(16-6-4-7-17(12-16)37-24(25,26)27)33(36-3)23(35)18-8-5-11-28-22(18)19-9-10-21-30-20(29-15(2)34)13-32(21)31-19/h4-14H,1-3H3,(H,29,34)/t14-/m1/s1/i1D. The van der Waals surface area contributed by atoms with Gasteiger partial charge in [0.25, 0.3) is 5.91 Å². The highest BCUT2D eigenvalue weighted by atomic mass is 19.4.